The molecule has 132 valence electrons. The van der Waals surface area contributed by atoms with Gasteiger partial charge in [0.15, 0.2) is 13.2 Å². The summed E-state index contributed by atoms with van der Waals surface area (Å²) in [5.41, 5.74) is 2.80. The van der Waals surface area contributed by atoms with E-state index in [1.807, 2.05) is 63.2 Å². The minimum Gasteiger partial charge on any atom is -0.482 e. The van der Waals surface area contributed by atoms with Crippen molar-refractivity contribution >= 4 is 17.6 Å². The number of esters is 1. The van der Waals surface area contributed by atoms with Crippen molar-refractivity contribution in [1.82, 2.24) is 0 Å². The van der Waals surface area contributed by atoms with E-state index in [0.717, 1.165) is 16.8 Å². The van der Waals surface area contributed by atoms with Gasteiger partial charge in [-0.25, -0.2) is 4.79 Å². The van der Waals surface area contributed by atoms with Gasteiger partial charge in [0.1, 0.15) is 5.75 Å². The van der Waals surface area contributed by atoms with E-state index in [4.69, 9.17) is 9.47 Å². The van der Waals surface area contributed by atoms with Crippen LogP contribution in [0.2, 0.25) is 0 Å². The molecule has 0 bridgehead atoms. The molecule has 0 saturated carbocycles. The largest absolute Gasteiger partial charge is 0.482 e. The van der Waals surface area contributed by atoms with E-state index in [1.165, 1.54) is 0 Å². The maximum atomic E-state index is 12.0. The number of para-hydroxylation sites is 1. The second-order valence-corrected chi connectivity index (χ2v) is 6.06. The lowest BCUT2D eigenvalue weighted by atomic mass is 10.0. The molecule has 0 aliphatic carbocycles. The van der Waals surface area contributed by atoms with Crippen LogP contribution in [0.25, 0.3) is 0 Å². The van der Waals surface area contributed by atoms with Crippen LogP contribution < -0.4 is 10.1 Å². The molecule has 0 atom stereocenters. The fourth-order valence-corrected chi connectivity index (χ4v) is 2.34. The molecule has 0 fully saturated rings. The van der Waals surface area contributed by atoms with Crippen LogP contribution in [0.3, 0.4) is 0 Å². The van der Waals surface area contributed by atoms with Crippen molar-refractivity contribution < 1.29 is 19.1 Å². The van der Waals surface area contributed by atoms with Gasteiger partial charge in [-0.3, -0.25) is 4.79 Å². The quantitative estimate of drug-likeness (QED) is 0.780. The standard InChI is InChI=1S/C20H23NO4/c1-14(2)17-9-4-5-10-18(17)21-19(22)12-25-20(23)13-24-16-8-6-7-15(3)11-16/h4-11,14H,12-13H2,1-3H3,(H,21,22). The van der Waals surface area contributed by atoms with Gasteiger partial charge in [-0.1, -0.05) is 44.2 Å². The Morgan fingerprint density at radius 3 is 2.52 bits per heavy atom. The maximum absolute atomic E-state index is 12.0. The molecule has 5 nitrogen and oxygen atoms in total. The van der Waals surface area contributed by atoms with Gasteiger partial charge in [-0.15, -0.1) is 0 Å². The van der Waals surface area contributed by atoms with Gasteiger partial charge in [0.2, 0.25) is 0 Å². The highest BCUT2D eigenvalue weighted by Gasteiger charge is 2.12. The Morgan fingerprint density at radius 1 is 1.04 bits per heavy atom. The third kappa shape index (κ3) is 5.95. The summed E-state index contributed by atoms with van der Waals surface area (Å²) >= 11 is 0. The number of carbonyl (C=O) groups excluding carboxylic acids is 2. The minimum absolute atomic E-state index is 0.237. The fraction of sp³-hybridized carbons (Fsp3) is 0.300. The molecule has 0 spiro atoms. The van der Waals surface area contributed by atoms with Crippen molar-refractivity contribution in [2.75, 3.05) is 18.5 Å². The van der Waals surface area contributed by atoms with Crippen molar-refractivity contribution in [3.8, 4) is 5.75 Å². The lowest BCUT2D eigenvalue weighted by Crippen LogP contribution is -2.24. The van der Waals surface area contributed by atoms with Crippen LogP contribution in [0.15, 0.2) is 48.5 Å². The van der Waals surface area contributed by atoms with Gasteiger partial charge >= 0.3 is 5.97 Å². The summed E-state index contributed by atoms with van der Waals surface area (Å²) in [6.07, 6.45) is 0. The molecular formula is C20H23NO4. The van der Waals surface area contributed by atoms with Crippen LogP contribution in [0.4, 0.5) is 5.69 Å². The van der Waals surface area contributed by atoms with E-state index in [1.54, 1.807) is 6.07 Å². The molecule has 2 aromatic rings. The number of hydrogen-bond acceptors (Lipinski definition) is 4. The number of anilines is 1. The smallest absolute Gasteiger partial charge is 0.344 e. The first-order valence-electron chi connectivity index (χ1n) is 8.19. The molecule has 0 aliphatic heterocycles. The van der Waals surface area contributed by atoms with Crippen LogP contribution in [-0.2, 0) is 14.3 Å². The van der Waals surface area contributed by atoms with Crippen LogP contribution in [0.5, 0.6) is 5.75 Å². The minimum atomic E-state index is -0.589. The SMILES string of the molecule is Cc1cccc(OCC(=O)OCC(=O)Nc2ccccc2C(C)C)c1. The zero-order valence-electron chi connectivity index (χ0n) is 14.7. The summed E-state index contributed by atoms with van der Waals surface area (Å²) in [6, 6.07) is 14.9. The number of nitrogens with one attached hydrogen (secondary N) is 1. The average molecular weight is 341 g/mol. The molecule has 2 aromatic carbocycles. The molecule has 0 heterocycles. The molecule has 5 heteroatoms. The first-order chi connectivity index (χ1) is 12.0. The highest BCUT2D eigenvalue weighted by atomic mass is 16.6. The summed E-state index contributed by atoms with van der Waals surface area (Å²) in [6.45, 7) is 5.45. The highest BCUT2D eigenvalue weighted by Crippen LogP contribution is 2.23. The summed E-state index contributed by atoms with van der Waals surface area (Å²) < 4.78 is 10.3. The molecule has 1 amide bonds. The number of ether oxygens (including phenoxy) is 2. The zero-order valence-corrected chi connectivity index (χ0v) is 14.7. The summed E-state index contributed by atoms with van der Waals surface area (Å²) in [5.74, 6) is -0.0974. The average Bonchev–Trinajstić information content (AvgIpc) is 2.58. The van der Waals surface area contributed by atoms with Gasteiger partial charge in [-0.05, 0) is 42.2 Å². The van der Waals surface area contributed by atoms with Crippen molar-refractivity contribution in [2.24, 2.45) is 0 Å². The molecule has 2 rings (SSSR count). The van der Waals surface area contributed by atoms with Crippen LogP contribution >= 0.6 is 0 Å². The fourth-order valence-electron chi connectivity index (χ4n) is 2.34. The molecule has 25 heavy (non-hydrogen) atoms. The molecule has 0 aromatic heterocycles. The maximum Gasteiger partial charge on any atom is 0.344 e. The van der Waals surface area contributed by atoms with Crippen LogP contribution in [-0.4, -0.2) is 25.1 Å². The van der Waals surface area contributed by atoms with Crippen molar-refractivity contribution in [2.45, 2.75) is 26.7 Å². The molecular weight excluding hydrogens is 318 g/mol. The van der Waals surface area contributed by atoms with Gasteiger partial charge in [0.05, 0.1) is 0 Å². The van der Waals surface area contributed by atoms with E-state index in [0.29, 0.717) is 5.75 Å². The number of hydrogen-bond donors (Lipinski definition) is 1. The Kier molecular flexibility index (Phi) is 6.57. The number of amides is 1. The van der Waals surface area contributed by atoms with E-state index in [9.17, 15) is 9.59 Å². The predicted molar refractivity (Wildman–Crippen MR) is 96.8 cm³/mol. The second-order valence-electron chi connectivity index (χ2n) is 6.06. The lowest BCUT2D eigenvalue weighted by Gasteiger charge is -2.13. The number of carbonyl (C=O) groups is 2. The van der Waals surface area contributed by atoms with E-state index in [-0.39, 0.29) is 25.0 Å². The Morgan fingerprint density at radius 2 is 1.80 bits per heavy atom. The summed E-state index contributed by atoms with van der Waals surface area (Å²) in [7, 11) is 0. The lowest BCUT2D eigenvalue weighted by molar-refractivity contribution is -0.149. The van der Waals surface area contributed by atoms with Crippen molar-refractivity contribution in [1.29, 1.82) is 0 Å². The summed E-state index contributed by atoms with van der Waals surface area (Å²) in [5, 5.41) is 2.77. The first-order valence-corrected chi connectivity index (χ1v) is 8.19. The number of aryl methyl sites for hydroxylation is 1. The monoisotopic (exact) mass is 341 g/mol. The normalized spacial score (nSPS) is 10.4. The summed E-state index contributed by atoms with van der Waals surface area (Å²) in [4.78, 5) is 23.7. The zero-order chi connectivity index (χ0) is 18.2. The van der Waals surface area contributed by atoms with E-state index >= 15 is 0 Å². The molecule has 0 aliphatic rings. The number of rotatable bonds is 7. The third-order valence-corrected chi connectivity index (χ3v) is 3.57. The van der Waals surface area contributed by atoms with Crippen molar-refractivity contribution in [3.05, 3.63) is 59.7 Å². The first kappa shape index (κ1) is 18.5. The van der Waals surface area contributed by atoms with Crippen molar-refractivity contribution in [3.63, 3.8) is 0 Å². The van der Waals surface area contributed by atoms with Gasteiger partial charge in [0.25, 0.3) is 5.91 Å². The van der Waals surface area contributed by atoms with Gasteiger partial charge < -0.3 is 14.8 Å². The Bertz CT molecular complexity index is 740. The molecule has 0 radical (unpaired) electrons. The second kappa shape index (κ2) is 8.87. The predicted octanol–water partition coefficient (Wildman–Crippen LogP) is 3.68. The number of benzene rings is 2. The Balaban J connectivity index is 1.79. The highest BCUT2D eigenvalue weighted by molar-refractivity contribution is 5.93. The van der Waals surface area contributed by atoms with Crippen LogP contribution in [0.1, 0.15) is 30.9 Å². The van der Waals surface area contributed by atoms with Gasteiger partial charge in [0, 0.05) is 5.69 Å². The molecule has 1 N–H and O–H groups in total. The molecule has 0 saturated heterocycles. The van der Waals surface area contributed by atoms with Crippen LogP contribution in [0, 0.1) is 6.92 Å². The van der Waals surface area contributed by atoms with E-state index in [2.05, 4.69) is 5.32 Å². The van der Waals surface area contributed by atoms with Gasteiger partial charge in [-0.2, -0.15) is 0 Å². The topological polar surface area (TPSA) is 64.6 Å². The Hall–Kier alpha value is -2.82. The molecule has 0 unspecified atom stereocenters. The van der Waals surface area contributed by atoms with E-state index < -0.39 is 5.97 Å². The third-order valence-electron chi connectivity index (χ3n) is 3.57. The Labute approximate surface area is 148 Å².